The zero-order valence-electron chi connectivity index (χ0n) is 14.5. The number of nitrogens with zero attached hydrogens (tertiary/aromatic N) is 5. The fourth-order valence-corrected chi connectivity index (χ4v) is 4.51. The van der Waals surface area contributed by atoms with Crippen LogP contribution in [0.2, 0.25) is 0 Å². The number of hydrogen-bond donors (Lipinski definition) is 0. The van der Waals surface area contributed by atoms with Gasteiger partial charge in [0.05, 0.1) is 6.04 Å². The van der Waals surface area contributed by atoms with E-state index in [-0.39, 0.29) is 11.9 Å². The monoisotopic (exact) mass is 357 g/mol. The van der Waals surface area contributed by atoms with Gasteiger partial charge in [-0.2, -0.15) is 0 Å². The molecule has 0 aliphatic carbocycles. The molecule has 0 spiro atoms. The number of hydrogen-bond acceptors (Lipinski definition) is 6. The van der Waals surface area contributed by atoms with Gasteiger partial charge in [-0.25, -0.2) is 9.97 Å². The molecule has 6 nitrogen and oxygen atoms in total. The molecule has 0 N–H and O–H groups in total. The first-order chi connectivity index (χ1) is 12.2. The van der Waals surface area contributed by atoms with Crippen LogP contribution in [0.3, 0.4) is 0 Å². The number of aromatic nitrogens is 2. The third-order valence-electron chi connectivity index (χ3n) is 5.17. The maximum absolute atomic E-state index is 12.9. The first kappa shape index (κ1) is 16.5. The van der Waals surface area contributed by atoms with Crippen molar-refractivity contribution >= 4 is 23.2 Å². The topological polar surface area (TPSA) is 52.6 Å². The predicted octanol–water partition coefficient (Wildman–Crippen LogP) is 1.63. The van der Waals surface area contributed by atoms with E-state index in [1.165, 1.54) is 10.4 Å². The quantitative estimate of drug-likeness (QED) is 0.836. The second-order valence-electron chi connectivity index (χ2n) is 6.63. The van der Waals surface area contributed by atoms with Gasteiger partial charge in [-0.15, -0.1) is 11.3 Å². The van der Waals surface area contributed by atoms with E-state index < -0.39 is 0 Å². The lowest BCUT2D eigenvalue weighted by atomic mass is 10.1. The Morgan fingerprint density at radius 3 is 2.68 bits per heavy atom. The molecular weight excluding hydrogens is 334 g/mol. The summed E-state index contributed by atoms with van der Waals surface area (Å²) in [6.07, 6.45) is 4.54. The van der Waals surface area contributed by atoms with Crippen molar-refractivity contribution in [2.24, 2.45) is 0 Å². The number of rotatable bonds is 3. The van der Waals surface area contributed by atoms with Crippen LogP contribution in [0.4, 0.5) is 5.95 Å². The Morgan fingerprint density at radius 1 is 1.16 bits per heavy atom. The van der Waals surface area contributed by atoms with E-state index in [2.05, 4.69) is 31.2 Å². The fraction of sp³-hybridized carbons (Fsp3) is 0.500. The first-order valence-corrected chi connectivity index (χ1v) is 9.70. The fourth-order valence-electron chi connectivity index (χ4n) is 3.62. The van der Waals surface area contributed by atoms with E-state index in [1.807, 2.05) is 29.2 Å². The zero-order valence-corrected chi connectivity index (χ0v) is 15.3. The van der Waals surface area contributed by atoms with Crippen LogP contribution in [0.15, 0.2) is 29.9 Å². The number of anilines is 1. The predicted molar refractivity (Wildman–Crippen MR) is 98.7 cm³/mol. The van der Waals surface area contributed by atoms with Crippen molar-refractivity contribution in [3.05, 3.63) is 40.3 Å². The maximum Gasteiger partial charge on any atom is 0.239 e. The van der Waals surface area contributed by atoms with E-state index in [4.69, 9.17) is 0 Å². The molecule has 2 aromatic heterocycles. The third-order valence-corrected chi connectivity index (χ3v) is 6.20. The molecule has 1 unspecified atom stereocenters. The third kappa shape index (κ3) is 3.39. The lowest BCUT2D eigenvalue weighted by Crippen LogP contribution is -2.55. The van der Waals surface area contributed by atoms with Gasteiger partial charge in [-0.1, -0.05) is 0 Å². The highest BCUT2D eigenvalue weighted by Crippen LogP contribution is 2.25. The molecule has 0 aromatic carbocycles. The van der Waals surface area contributed by atoms with Gasteiger partial charge in [0.25, 0.3) is 0 Å². The average molecular weight is 357 g/mol. The number of carbonyl (C=O) groups excluding carboxylic acids is 1. The smallest absolute Gasteiger partial charge is 0.239 e. The van der Waals surface area contributed by atoms with E-state index in [9.17, 15) is 4.79 Å². The van der Waals surface area contributed by atoms with Crippen molar-refractivity contribution in [3.8, 4) is 0 Å². The molecular formula is C18H23N5OS. The Kier molecular flexibility index (Phi) is 4.67. The zero-order chi connectivity index (χ0) is 17.2. The number of carbonyl (C=O) groups is 1. The lowest BCUT2D eigenvalue weighted by Gasteiger charge is -2.39. The van der Waals surface area contributed by atoms with Gasteiger partial charge in [0.1, 0.15) is 0 Å². The van der Waals surface area contributed by atoms with Gasteiger partial charge in [0, 0.05) is 56.5 Å². The van der Waals surface area contributed by atoms with Gasteiger partial charge >= 0.3 is 0 Å². The molecule has 25 heavy (non-hydrogen) atoms. The van der Waals surface area contributed by atoms with Crippen molar-refractivity contribution in [2.75, 3.05) is 37.6 Å². The van der Waals surface area contributed by atoms with Crippen LogP contribution >= 0.6 is 11.3 Å². The molecule has 1 atom stereocenters. The van der Waals surface area contributed by atoms with Crippen LogP contribution in [0.5, 0.6) is 0 Å². The highest BCUT2D eigenvalue weighted by molar-refractivity contribution is 7.10. The van der Waals surface area contributed by atoms with Crippen LogP contribution in [-0.4, -0.2) is 64.4 Å². The molecule has 7 heteroatoms. The molecule has 132 valence electrons. The van der Waals surface area contributed by atoms with Gasteiger partial charge in [-0.05, 0) is 36.4 Å². The molecule has 0 bridgehead atoms. The van der Waals surface area contributed by atoms with E-state index in [0.717, 1.165) is 51.6 Å². The van der Waals surface area contributed by atoms with Gasteiger partial charge in [0.2, 0.25) is 11.9 Å². The summed E-state index contributed by atoms with van der Waals surface area (Å²) in [7, 11) is 0. The van der Waals surface area contributed by atoms with Crippen molar-refractivity contribution in [3.63, 3.8) is 0 Å². The maximum atomic E-state index is 12.9. The highest BCUT2D eigenvalue weighted by atomic mass is 32.1. The normalized spacial score (nSPS) is 19.6. The van der Waals surface area contributed by atoms with Crippen LogP contribution in [-0.2, 0) is 17.8 Å². The van der Waals surface area contributed by atoms with Crippen molar-refractivity contribution in [2.45, 2.75) is 25.9 Å². The van der Waals surface area contributed by atoms with Crippen molar-refractivity contribution in [1.82, 2.24) is 19.8 Å². The largest absolute Gasteiger partial charge is 0.338 e. The molecule has 2 aliphatic rings. The summed E-state index contributed by atoms with van der Waals surface area (Å²) in [4.78, 5) is 29.5. The molecule has 1 amide bonds. The summed E-state index contributed by atoms with van der Waals surface area (Å²) < 4.78 is 0. The summed E-state index contributed by atoms with van der Waals surface area (Å²) in [5, 5.41) is 2.13. The second-order valence-corrected chi connectivity index (χ2v) is 7.63. The number of piperazine rings is 1. The standard InChI is InChI=1S/C18H23N5OS/c1-14(17(24)23-7-3-16-15(13-23)4-12-25-16)21-8-10-22(11-9-21)18-19-5-2-6-20-18/h2,4-6,12,14H,3,7-11,13H2,1H3. The van der Waals surface area contributed by atoms with E-state index in [0.29, 0.717) is 0 Å². The molecule has 4 heterocycles. The molecule has 4 rings (SSSR count). The van der Waals surface area contributed by atoms with Crippen molar-refractivity contribution < 1.29 is 4.79 Å². The average Bonchev–Trinajstić information content (AvgIpc) is 3.15. The highest BCUT2D eigenvalue weighted by Gasteiger charge is 2.31. The Labute approximate surface area is 152 Å². The molecule has 0 saturated carbocycles. The van der Waals surface area contributed by atoms with Gasteiger partial charge < -0.3 is 9.80 Å². The van der Waals surface area contributed by atoms with Crippen LogP contribution in [0, 0.1) is 0 Å². The summed E-state index contributed by atoms with van der Waals surface area (Å²) >= 11 is 1.81. The molecule has 1 saturated heterocycles. The summed E-state index contributed by atoms with van der Waals surface area (Å²) in [5.74, 6) is 1.03. The van der Waals surface area contributed by atoms with Crippen LogP contribution < -0.4 is 4.90 Å². The Bertz CT molecular complexity index is 726. The van der Waals surface area contributed by atoms with E-state index >= 15 is 0 Å². The minimum absolute atomic E-state index is 0.0703. The SMILES string of the molecule is CC(C(=O)N1CCc2sccc2C1)N1CCN(c2ncccn2)CC1. The van der Waals surface area contributed by atoms with Crippen LogP contribution in [0.25, 0.3) is 0 Å². The lowest BCUT2D eigenvalue weighted by molar-refractivity contribution is -0.137. The van der Waals surface area contributed by atoms with E-state index in [1.54, 1.807) is 12.4 Å². The number of fused-ring (bicyclic) bond motifs is 1. The van der Waals surface area contributed by atoms with Crippen LogP contribution in [0.1, 0.15) is 17.4 Å². The molecule has 2 aromatic rings. The minimum Gasteiger partial charge on any atom is -0.338 e. The van der Waals surface area contributed by atoms with Gasteiger partial charge in [0.15, 0.2) is 0 Å². The molecule has 0 radical (unpaired) electrons. The Hall–Kier alpha value is -1.99. The first-order valence-electron chi connectivity index (χ1n) is 8.82. The Balaban J connectivity index is 1.34. The number of amides is 1. The second kappa shape index (κ2) is 7.09. The molecule has 2 aliphatic heterocycles. The van der Waals surface area contributed by atoms with Crippen molar-refractivity contribution in [1.29, 1.82) is 0 Å². The Morgan fingerprint density at radius 2 is 1.92 bits per heavy atom. The van der Waals surface area contributed by atoms with Gasteiger partial charge in [-0.3, -0.25) is 9.69 Å². The summed E-state index contributed by atoms with van der Waals surface area (Å²) in [6.45, 7) is 7.09. The number of thiophene rings is 1. The molecule has 1 fully saturated rings. The minimum atomic E-state index is -0.0703. The summed E-state index contributed by atoms with van der Waals surface area (Å²) in [5.41, 5.74) is 1.32. The summed E-state index contributed by atoms with van der Waals surface area (Å²) in [6, 6.07) is 3.92.